The number of hydrogen-bond acceptors (Lipinski definition) is 2. The summed E-state index contributed by atoms with van der Waals surface area (Å²) in [6, 6.07) is 13.6. The molecule has 0 amide bonds. The van der Waals surface area contributed by atoms with Crippen LogP contribution in [0.5, 0.6) is 17.2 Å². The molecule has 0 aliphatic carbocycles. The third-order valence-corrected chi connectivity index (χ3v) is 3.58. The second-order valence-electron chi connectivity index (χ2n) is 5.32. The van der Waals surface area contributed by atoms with E-state index >= 15 is 0 Å². The van der Waals surface area contributed by atoms with E-state index in [1.54, 1.807) is 6.07 Å². The molecular formula is C19H24O2. The highest BCUT2D eigenvalue weighted by atomic mass is 16.5. The van der Waals surface area contributed by atoms with Crippen molar-refractivity contribution in [1.29, 1.82) is 0 Å². The molecule has 21 heavy (non-hydrogen) atoms. The maximum atomic E-state index is 10.2. The Labute approximate surface area is 127 Å². The lowest BCUT2D eigenvalue weighted by Gasteiger charge is -2.17. The molecule has 2 aromatic carbocycles. The summed E-state index contributed by atoms with van der Waals surface area (Å²) in [6.45, 7) is 4.32. The van der Waals surface area contributed by atoms with Crippen molar-refractivity contribution >= 4 is 0 Å². The summed E-state index contributed by atoms with van der Waals surface area (Å²) in [6.07, 6.45) is 5.02. The summed E-state index contributed by atoms with van der Waals surface area (Å²) in [7, 11) is 0. The van der Waals surface area contributed by atoms with Gasteiger partial charge in [0.2, 0.25) is 0 Å². The summed E-state index contributed by atoms with van der Waals surface area (Å²) in [4.78, 5) is 0. The molecule has 0 saturated carbocycles. The van der Waals surface area contributed by atoms with Gasteiger partial charge in [-0.2, -0.15) is 0 Å². The summed E-state index contributed by atoms with van der Waals surface area (Å²) < 4.78 is 6.11. The van der Waals surface area contributed by atoms with Crippen LogP contribution in [-0.4, -0.2) is 5.11 Å². The third kappa shape index (κ3) is 4.01. The molecule has 1 N–H and O–H groups in total. The first kappa shape index (κ1) is 15.4. The van der Waals surface area contributed by atoms with Gasteiger partial charge in [0.05, 0.1) is 0 Å². The molecule has 2 aromatic rings. The van der Waals surface area contributed by atoms with Gasteiger partial charge in [0.1, 0.15) is 17.2 Å². The SMILES string of the molecule is CCCCc1c(O)ccc(CCC)c1Oc1ccccc1. The zero-order valence-corrected chi connectivity index (χ0v) is 12.9. The predicted molar refractivity (Wildman–Crippen MR) is 87.2 cm³/mol. The molecule has 0 spiro atoms. The quantitative estimate of drug-likeness (QED) is 0.729. The van der Waals surface area contributed by atoms with Crippen LogP contribution in [0, 0.1) is 0 Å². The average Bonchev–Trinajstić information content (AvgIpc) is 2.51. The molecular weight excluding hydrogens is 260 g/mol. The van der Waals surface area contributed by atoms with Crippen LogP contribution in [-0.2, 0) is 12.8 Å². The topological polar surface area (TPSA) is 29.5 Å². The van der Waals surface area contributed by atoms with Gasteiger partial charge in [0, 0.05) is 5.56 Å². The van der Waals surface area contributed by atoms with Gasteiger partial charge in [0.15, 0.2) is 0 Å². The molecule has 2 heteroatoms. The van der Waals surface area contributed by atoms with Crippen molar-refractivity contribution < 1.29 is 9.84 Å². The molecule has 0 aliphatic heterocycles. The van der Waals surface area contributed by atoms with Crippen LogP contribution in [0.4, 0.5) is 0 Å². The Morgan fingerprint density at radius 3 is 2.33 bits per heavy atom. The number of hydrogen-bond donors (Lipinski definition) is 1. The highest BCUT2D eigenvalue weighted by molar-refractivity contribution is 5.51. The van der Waals surface area contributed by atoms with Gasteiger partial charge in [0.25, 0.3) is 0 Å². The van der Waals surface area contributed by atoms with Gasteiger partial charge in [-0.3, -0.25) is 0 Å². The van der Waals surface area contributed by atoms with E-state index in [1.807, 2.05) is 36.4 Å². The fourth-order valence-electron chi connectivity index (χ4n) is 2.46. The molecule has 112 valence electrons. The molecule has 0 aliphatic rings. The summed E-state index contributed by atoms with van der Waals surface area (Å²) in [5.41, 5.74) is 2.11. The number of phenols is 1. The largest absolute Gasteiger partial charge is 0.508 e. The average molecular weight is 284 g/mol. The number of ether oxygens (including phenoxy) is 1. The predicted octanol–water partition coefficient (Wildman–Crippen LogP) is 5.48. The van der Waals surface area contributed by atoms with E-state index in [0.717, 1.165) is 49.2 Å². The van der Waals surface area contributed by atoms with E-state index in [1.165, 1.54) is 5.56 Å². The highest BCUT2D eigenvalue weighted by Gasteiger charge is 2.14. The highest BCUT2D eigenvalue weighted by Crippen LogP contribution is 2.36. The minimum atomic E-state index is 0.342. The van der Waals surface area contributed by atoms with Gasteiger partial charge in [-0.15, -0.1) is 0 Å². The van der Waals surface area contributed by atoms with Crippen LogP contribution in [0.3, 0.4) is 0 Å². The first-order chi connectivity index (χ1) is 10.3. The normalized spacial score (nSPS) is 10.6. The van der Waals surface area contributed by atoms with Gasteiger partial charge in [-0.1, -0.05) is 51.0 Å². The Balaban J connectivity index is 2.39. The monoisotopic (exact) mass is 284 g/mol. The van der Waals surface area contributed by atoms with E-state index in [0.29, 0.717) is 5.75 Å². The van der Waals surface area contributed by atoms with Crippen molar-refractivity contribution in [3.63, 3.8) is 0 Å². The van der Waals surface area contributed by atoms with Crippen molar-refractivity contribution in [3.05, 3.63) is 53.6 Å². The lowest BCUT2D eigenvalue weighted by atomic mass is 10.00. The number of benzene rings is 2. The summed E-state index contributed by atoms with van der Waals surface area (Å²) >= 11 is 0. The number of aryl methyl sites for hydroxylation is 1. The molecule has 0 fully saturated rings. The van der Waals surface area contributed by atoms with Crippen LogP contribution in [0.2, 0.25) is 0 Å². The van der Waals surface area contributed by atoms with E-state index in [4.69, 9.17) is 4.74 Å². The van der Waals surface area contributed by atoms with Gasteiger partial charge in [-0.05, 0) is 43.0 Å². The second kappa shape index (κ2) is 7.72. The fraction of sp³-hybridized carbons (Fsp3) is 0.368. The maximum absolute atomic E-state index is 10.2. The molecule has 0 radical (unpaired) electrons. The number of phenolic OH excluding ortho intramolecular Hbond substituents is 1. The molecule has 0 saturated heterocycles. The van der Waals surface area contributed by atoms with Crippen LogP contribution in [0.1, 0.15) is 44.2 Å². The van der Waals surface area contributed by atoms with E-state index in [-0.39, 0.29) is 0 Å². The van der Waals surface area contributed by atoms with Crippen molar-refractivity contribution in [2.45, 2.75) is 46.0 Å². The van der Waals surface area contributed by atoms with Crippen molar-refractivity contribution in [2.75, 3.05) is 0 Å². The first-order valence-electron chi connectivity index (χ1n) is 7.82. The zero-order chi connectivity index (χ0) is 15.1. The van der Waals surface area contributed by atoms with E-state index in [2.05, 4.69) is 13.8 Å². The molecule has 0 unspecified atom stereocenters. The van der Waals surface area contributed by atoms with Gasteiger partial charge in [-0.25, -0.2) is 0 Å². The molecule has 2 rings (SSSR count). The number of aromatic hydroxyl groups is 1. The Morgan fingerprint density at radius 1 is 0.905 bits per heavy atom. The van der Waals surface area contributed by atoms with Crippen LogP contribution in [0.25, 0.3) is 0 Å². The van der Waals surface area contributed by atoms with Gasteiger partial charge < -0.3 is 9.84 Å². The van der Waals surface area contributed by atoms with Crippen molar-refractivity contribution in [1.82, 2.24) is 0 Å². The minimum absolute atomic E-state index is 0.342. The zero-order valence-electron chi connectivity index (χ0n) is 12.9. The Hall–Kier alpha value is -1.96. The fourth-order valence-corrected chi connectivity index (χ4v) is 2.46. The first-order valence-corrected chi connectivity index (χ1v) is 7.82. The number of para-hydroxylation sites is 1. The molecule has 0 heterocycles. The van der Waals surface area contributed by atoms with Crippen LogP contribution in [0.15, 0.2) is 42.5 Å². The molecule has 0 bridgehead atoms. The summed E-state index contributed by atoms with van der Waals surface area (Å²) in [5.74, 6) is 2.00. The van der Waals surface area contributed by atoms with Crippen molar-refractivity contribution in [3.8, 4) is 17.2 Å². The lowest BCUT2D eigenvalue weighted by molar-refractivity contribution is 0.438. The second-order valence-corrected chi connectivity index (χ2v) is 5.32. The van der Waals surface area contributed by atoms with E-state index < -0.39 is 0 Å². The number of unbranched alkanes of at least 4 members (excludes halogenated alkanes) is 1. The molecule has 0 atom stereocenters. The number of rotatable bonds is 7. The summed E-state index contributed by atoms with van der Waals surface area (Å²) in [5, 5.41) is 10.2. The Bertz CT molecular complexity index is 561. The minimum Gasteiger partial charge on any atom is -0.508 e. The van der Waals surface area contributed by atoms with Crippen LogP contribution >= 0.6 is 0 Å². The van der Waals surface area contributed by atoms with E-state index in [9.17, 15) is 5.11 Å². The molecule has 0 aromatic heterocycles. The van der Waals surface area contributed by atoms with Gasteiger partial charge >= 0.3 is 0 Å². The Morgan fingerprint density at radius 2 is 1.67 bits per heavy atom. The Kier molecular flexibility index (Phi) is 5.68. The van der Waals surface area contributed by atoms with Crippen molar-refractivity contribution in [2.24, 2.45) is 0 Å². The van der Waals surface area contributed by atoms with Crippen LogP contribution < -0.4 is 4.74 Å². The maximum Gasteiger partial charge on any atom is 0.137 e. The third-order valence-electron chi connectivity index (χ3n) is 3.58. The standard InChI is InChI=1S/C19H24O2/c1-3-5-12-17-18(20)14-13-15(9-4-2)19(17)21-16-10-7-6-8-11-16/h6-8,10-11,13-14,20H,3-5,9,12H2,1-2H3. The smallest absolute Gasteiger partial charge is 0.137 e. The molecule has 2 nitrogen and oxygen atoms in total. The lowest BCUT2D eigenvalue weighted by Crippen LogP contribution is -1.98.